The van der Waals surface area contributed by atoms with Gasteiger partial charge in [-0.25, -0.2) is 0 Å². The fourth-order valence-corrected chi connectivity index (χ4v) is 34.6. The van der Waals surface area contributed by atoms with Crippen molar-refractivity contribution in [2.24, 2.45) is 17.8 Å². The van der Waals surface area contributed by atoms with Crippen LogP contribution in [0.15, 0.2) is 286 Å². The second-order valence-corrected chi connectivity index (χ2v) is 53.4. The summed E-state index contributed by atoms with van der Waals surface area (Å²) in [4.78, 5) is 23.0. The van der Waals surface area contributed by atoms with Gasteiger partial charge in [-0.05, 0) is 210 Å². The van der Waals surface area contributed by atoms with E-state index < -0.39 is 31.1 Å². The predicted octanol–water partition coefficient (Wildman–Crippen LogP) is 23.5. The molecule has 0 unspecified atom stereocenters. The Morgan fingerprint density at radius 2 is 0.636 bits per heavy atom. The lowest BCUT2D eigenvalue weighted by molar-refractivity contribution is -0.146. The van der Waals surface area contributed by atoms with E-state index in [0.717, 1.165) is 121 Å². The number of allylic oxidation sites excluding steroid dienone is 1. The van der Waals surface area contributed by atoms with Crippen molar-refractivity contribution in [1.29, 1.82) is 0 Å². The monoisotopic (exact) mass is 1850 g/mol. The first kappa shape index (κ1) is 106. The Kier molecular flexibility index (Phi) is 44.0. The Hall–Kier alpha value is -7.89. The molecule has 0 amide bonds. The number of rotatable bonds is 48. The molecule has 3 fully saturated rings. The van der Waals surface area contributed by atoms with E-state index >= 15 is 0 Å². The molecule has 3 saturated heterocycles. The molecule has 12 rings (SSSR count). The first-order chi connectivity index (χ1) is 63.7. The summed E-state index contributed by atoms with van der Waals surface area (Å²) in [5, 5.41) is 18.0. The van der Waals surface area contributed by atoms with Crippen LogP contribution in [0.25, 0.3) is 0 Å². The lowest BCUT2D eigenvalue weighted by Crippen LogP contribution is -2.68. The van der Waals surface area contributed by atoms with Gasteiger partial charge < -0.3 is 56.3 Å². The summed E-state index contributed by atoms with van der Waals surface area (Å²) in [6.07, 6.45) is 22.9. The van der Waals surface area contributed by atoms with E-state index in [0.29, 0.717) is 82.9 Å². The standard InChI is InChI=1S/C41H58O3Si.C38H52O6Si.C37H50O4Si/c1-7-18-33(2)29-34(3)30-36-21-17-22-37(43-36)31-38(27-28-42-32-35-19-11-8-12-20-35)44-45(41(4,5)6,39-23-13-9-14-24-39)40-25-15-10-16-26-40;1-5-42-37(40)27-31(39)26-32-18-15-19-33(43-32)28-34(24-25-41-29-30-16-9-6-10-17-30)44-45(38(2,3)4,35-20-11-7-12-21-35)36-22-13-8-14-23-36;1-30(23-25-38)27-32-17-14-18-33(40-32)28-34(24-26-39-29-31-15-8-5-9-16-31)41-42(37(2,3)4,35-19-10-6-11-20-35)36-21-12-7-13-22-36/h7-16,19-20,23-26,33-34,36-38H,1,17-18,21-22,27-32H2,2-6H3;6-14,16-17,20-23,31-34,39H,5,15,18-19,24-29H2,1-4H3;5-13,15-16,19-22,25,30,32-34H,14,17-18,23-24,26-29H2,1-4H3/t33-,34-,36+,37-,38-;31-,32-,33+,34+;30-,32+,33-,34-/m010/s1. The number of aldehydes is 1. The average Bonchev–Trinajstić information content (AvgIpc) is 0.752. The van der Waals surface area contributed by atoms with E-state index in [9.17, 15) is 14.7 Å². The van der Waals surface area contributed by atoms with E-state index in [2.05, 4.69) is 344 Å². The quantitative estimate of drug-likeness (QED) is 0.0127. The summed E-state index contributed by atoms with van der Waals surface area (Å²) in [5.41, 5.74) is 3.54. The number of ether oxygens (including phenoxy) is 7. The fraction of sp³-hybridized carbons (Fsp3) is 0.500. The highest BCUT2D eigenvalue weighted by Crippen LogP contribution is 2.44. The van der Waals surface area contributed by atoms with E-state index in [4.69, 9.17) is 46.4 Å². The van der Waals surface area contributed by atoms with Gasteiger partial charge in [-0.15, -0.1) is 6.58 Å². The van der Waals surface area contributed by atoms with Crippen LogP contribution in [0.4, 0.5) is 0 Å². The number of benzene rings is 9. The minimum Gasteiger partial charge on any atom is -0.466 e. The molecule has 1 N–H and O–H groups in total. The number of aliphatic hydroxyl groups is 1. The van der Waals surface area contributed by atoms with Gasteiger partial charge in [0.25, 0.3) is 25.0 Å². The van der Waals surface area contributed by atoms with Gasteiger partial charge in [0.1, 0.15) is 6.29 Å². The van der Waals surface area contributed by atoms with Gasteiger partial charge in [0.2, 0.25) is 0 Å². The van der Waals surface area contributed by atoms with Gasteiger partial charge in [-0.2, -0.15) is 0 Å². The van der Waals surface area contributed by atoms with E-state index in [1.807, 2.05) is 24.3 Å². The number of esters is 1. The lowest BCUT2D eigenvalue weighted by atomic mass is 9.88. The highest BCUT2D eigenvalue weighted by Gasteiger charge is 2.55. The summed E-state index contributed by atoms with van der Waals surface area (Å²) < 4.78 is 66.8. The SMILES string of the molecule is C=CC[C@H](C)C[C@H](C)C[C@H]1CCC[C@@H](C[C@H](CCOCc2ccccc2)O[Si](c2ccccc2)(c2ccccc2)C(C)(C)C)O1.CCOC(=O)C[C@H](O)C[C@H]1CCC[C@@H](C[C@H](CCOCc2ccccc2)O[Si](c2ccccc2)(c2ccccc2)C(C)(C)C)O1.C[C@@H](CC=O)C[C@H]1CCC[C@@H](C[C@H](CCOCc2ccccc2)O[Si](c2ccccc2)(c2ccccc2)C(C)(C)C)O1. The summed E-state index contributed by atoms with van der Waals surface area (Å²) in [5.74, 6) is 1.31. The van der Waals surface area contributed by atoms with Crippen LogP contribution in [0, 0.1) is 17.8 Å². The molecule has 9 aromatic carbocycles. The van der Waals surface area contributed by atoms with Gasteiger partial charge >= 0.3 is 5.97 Å². The van der Waals surface area contributed by atoms with Crippen LogP contribution in [0.1, 0.15) is 248 Å². The van der Waals surface area contributed by atoms with Crippen LogP contribution in [0.5, 0.6) is 0 Å². The lowest BCUT2D eigenvalue weighted by Gasteiger charge is -2.46. The van der Waals surface area contributed by atoms with Crippen LogP contribution >= 0.6 is 0 Å². The second-order valence-electron chi connectivity index (χ2n) is 40.7. The second kappa shape index (κ2) is 54.7. The van der Waals surface area contributed by atoms with Gasteiger partial charge in [-0.1, -0.05) is 362 Å². The molecule has 0 radical (unpaired) electrons. The molecule has 132 heavy (non-hydrogen) atoms. The third-order valence-corrected chi connectivity index (χ3v) is 42.0. The van der Waals surface area contributed by atoms with Gasteiger partial charge in [0.15, 0.2) is 0 Å². The minimum absolute atomic E-state index is 0.00326. The Bertz CT molecular complexity index is 4500. The molecule has 0 aromatic heterocycles. The zero-order valence-electron chi connectivity index (χ0n) is 82.2. The fourth-order valence-electron chi connectivity index (χ4n) is 20.4. The minimum atomic E-state index is -2.79. The Morgan fingerprint density at radius 3 is 0.894 bits per heavy atom. The number of hydrogen-bond acceptors (Lipinski definition) is 13. The molecule has 0 spiro atoms. The molecule has 0 aliphatic carbocycles. The largest absolute Gasteiger partial charge is 0.466 e. The number of carbonyl (C=O) groups excluding carboxylic acids is 2. The normalized spacial score (nSPS) is 19.1. The van der Waals surface area contributed by atoms with Crippen LogP contribution in [0.3, 0.4) is 0 Å². The first-order valence-electron chi connectivity index (χ1n) is 49.8. The molecule has 16 heteroatoms. The third kappa shape index (κ3) is 32.7. The Morgan fingerprint density at radius 1 is 0.379 bits per heavy atom. The maximum atomic E-state index is 11.9. The molecule has 3 heterocycles. The van der Waals surface area contributed by atoms with E-state index in [1.165, 1.54) is 55.1 Å². The first-order valence-corrected chi connectivity index (χ1v) is 55.5. The van der Waals surface area contributed by atoms with Gasteiger partial charge in [0, 0.05) is 32.7 Å². The summed E-state index contributed by atoms with van der Waals surface area (Å²) in [6, 6.07) is 96.4. The molecule has 714 valence electrons. The van der Waals surface area contributed by atoms with Crippen molar-refractivity contribution in [2.75, 3.05) is 26.4 Å². The number of aliphatic hydroxyl groups excluding tert-OH is 1. The van der Waals surface area contributed by atoms with Crippen LogP contribution in [-0.4, -0.2) is 130 Å². The van der Waals surface area contributed by atoms with E-state index in [1.54, 1.807) is 6.92 Å². The van der Waals surface area contributed by atoms with Crippen LogP contribution < -0.4 is 31.1 Å². The Balaban J connectivity index is 0.000000206. The highest BCUT2D eigenvalue weighted by atomic mass is 28.4. The molecule has 13 nitrogen and oxygen atoms in total. The summed E-state index contributed by atoms with van der Waals surface area (Å²) in [6.45, 7) is 37.6. The van der Waals surface area contributed by atoms with Crippen molar-refractivity contribution in [3.05, 3.63) is 302 Å². The van der Waals surface area contributed by atoms with Crippen molar-refractivity contribution in [2.45, 2.75) is 327 Å². The summed E-state index contributed by atoms with van der Waals surface area (Å²) in [7, 11) is -8.23. The number of hydrogen-bond donors (Lipinski definition) is 1. The Labute approximate surface area is 798 Å². The molecule has 9 aromatic rings. The van der Waals surface area contributed by atoms with E-state index in [-0.39, 0.29) is 76.3 Å². The van der Waals surface area contributed by atoms with Crippen molar-refractivity contribution in [1.82, 2.24) is 0 Å². The van der Waals surface area contributed by atoms with Crippen molar-refractivity contribution in [3.8, 4) is 0 Å². The van der Waals surface area contributed by atoms with Gasteiger partial charge in [-0.3, -0.25) is 4.79 Å². The highest BCUT2D eigenvalue weighted by molar-refractivity contribution is 7.00. The maximum Gasteiger partial charge on any atom is 0.308 e. The molecular formula is C116H160O13Si3. The van der Waals surface area contributed by atoms with Gasteiger partial charge in [0.05, 0.1) is 93.9 Å². The number of carbonyl (C=O) groups is 2. The van der Waals surface area contributed by atoms with Crippen molar-refractivity contribution >= 4 is 68.3 Å². The predicted molar refractivity (Wildman–Crippen MR) is 550 cm³/mol. The molecule has 13 atom stereocenters. The molecule has 3 aliphatic heterocycles. The topological polar surface area (TPSA) is 147 Å². The average molecular weight is 1850 g/mol. The van der Waals surface area contributed by atoms with Crippen molar-refractivity contribution in [3.63, 3.8) is 0 Å². The van der Waals surface area contributed by atoms with Crippen LogP contribution in [-0.2, 0) is 75.8 Å². The zero-order valence-corrected chi connectivity index (χ0v) is 85.2. The molecular weight excluding hydrogens is 1690 g/mol. The maximum absolute atomic E-state index is 11.9. The summed E-state index contributed by atoms with van der Waals surface area (Å²) >= 11 is 0. The smallest absolute Gasteiger partial charge is 0.308 e. The third-order valence-electron chi connectivity index (χ3n) is 26.7. The van der Waals surface area contributed by atoms with Crippen molar-refractivity contribution < 1.29 is 61.1 Å². The molecule has 0 saturated carbocycles. The van der Waals surface area contributed by atoms with Crippen LogP contribution in [0.2, 0.25) is 15.1 Å². The molecule has 3 aliphatic rings. The zero-order chi connectivity index (χ0) is 94.1. The molecule has 0 bridgehead atoms.